The smallest absolute Gasteiger partial charge is 0.184 e. The molecule has 0 amide bonds. The number of hydrogen-bond acceptors (Lipinski definition) is 6. The van der Waals surface area contributed by atoms with Crippen LogP contribution in [-0.2, 0) is 22.6 Å². The van der Waals surface area contributed by atoms with Gasteiger partial charge in [0.15, 0.2) is 5.13 Å². The highest BCUT2D eigenvalue weighted by Gasteiger charge is 2.15. The number of benzene rings is 1. The highest BCUT2D eigenvalue weighted by molar-refractivity contribution is 7.16. The van der Waals surface area contributed by atoms with E-state index in [4.69, 9.17) is 14.7 Å². The molecule has 2 heterocycles. The van der Waals surface area contributed by atoms with Gasteiger partial charge in [-0.2, -0.15) is 5.26 Å². The van der Waals surface area contributed by atoms with E-state index in [1.165, 1.54) is 16.9 Å². The molecule has 0 spiro atoms. The molecule has 0 radical (unpaired) electrons. The molecule has 3 rings (SSSR count). The summed E-state index contributed by atoms with van der Waals surface area (Å²) in [5, 5.41) is 13.0. The number of nitriles is 1. The Kier molecular flexibility index (Phi) is 5.81. The minimum Gasteiger partial charge on any atom is -0.376 e. The van der Waals surface area contributed by atoms with Crippen molar-refractivity contribution in [2.75, 3.05) is 18.5 Å². The van der Waals surface area contributed by atoms with Crippen molar-refractivity contribution in [2.24, 2.45) is 0 Å². The molecule has 24 heavy (non-hydrogen) atoms. The second-order valence-electron chi connectivity index (χ2n) is 5.87. The predicted octanol–water partition coefficient (Wildman–Crippen LogP) is 3.63. The van der Waals surface area contributed by atoms with Crippen LogP contribution in [0.2, 0.25) is 0 Å². The average molecular weight is 343 g/mol. The van der Waals surface area contributed by atoms with Crippen LogP contribution in [0.5, 0.6) is 0 Å². The maximum atomic E-state index is 8.98. The van der Waals surface area contributed by atoms with Gasteiger partial charge in [0.2, 0.25) is 0 Å². The number of nitrogens with one attached hydrogen (secondary N) is 1. The Balaban J connectivity index is 1.49. The van der Waals surface area contributed by atoms with Crippen LogP contribution in [0.25, 0.3) is 0 Å². The minimum absolute atomic E-state index is 0.261. The maximum absolute atomic E-state index is 8.98. The average Bonchev–Trinajstić information content (AvgIpc) is 3.23. The standard InChI is InChI=1S/C18H21N3O2S/c1-13-17(9-19)24-18(21-13)20-10-14-4-2-5-15(8-14)11-22-12-16-6-3-7-23-16/h2,4-5,8,16H,3,6-7,10-12H2,1H3,(H,20,21). The summed E-state index contributed by atoms with van der Waals surface area (Å²) in [5.74, 6) is 0. The van der Waals surface area contributed by atoms with E-state index in [9.17, 15) is 0 Å². The Hall–Kier alpha value is -1.94. The lowest BCUT2D eigenvalue weighted by molar-refractivity contribution is 0.0106. The van der Waals surface area contributed by atoms with Gasteiger partial charge in [-0.3, -0.25) is 0 Å². The van der Waals surface area contributed by atoms with E-state index in [0.717, 1.165) is 35.8 Å². The van der Waals surface area contributed by atoms with Gasteiger partial charge >= 0.3 is 0 Å². The zero-order valence-corrected chi connectivity index (χ0v) is 14.6. The van der Waals surface area contributed by atoms with Crippen LogP contribution in [0.3, 0.4) is 0 Å². The molecule has 6 heteroatoms. The number of ether oxygens (including phenoxy) is 2. The monoisotopic (exact) mass is 343 g/mol. The molecule has 0 saturated carbocycles. The highest BCUT2D eigenvalue weighted by atomic mass is 32.1. The van der Waals surface area contributed by atoms with Crippen molar-refractivity contribution in [3.8, 4) is 6.07 Å². The molecule has 2 aromatic rings. The number of anilines is 1. The number of nitrogens with zero attached hydrogens (tertiary/aromatic N) is 2. The molecule has 1 fully saturated rings. The van der Waals surface area contributed by atoms with Crippen LogP contribution in [0.4, 0.5) is 5.13 Å². The first-order valence-corrected chi connectivity index (χ1v) is 8.95. The quantitative estimate of drug-likeness (QED) is 0.831. The van der Waals surface area contributed by atoms with Crippen molar-refractivity contribution < 1.29 is 9.47 Å². The topological polar surface area (TPSA) is 67.2 Å². The first-order chi connectivity index (χ1) is 11.7. The Morgan fingerprint density at radius 2 is 2.33 bits per heavy atom. The van der Waals surface area contributed by atoms with Crippen LogP contribution < -0.4 is 5.32 Å². The summed E-state index contributed by atoms with van der Waals surface area (Å²) in [7, 11) is 0. The van der Waals surface area contributed by atoms with Crippen molar-refractivity contribution in [2.45, 2.75) is 39.0 Å². The summed E-state index contributed by atoms with van der Waals surface area (Å²) in [5.41, 5.74) is 3.10. The first-order valence-electron chi connectivity index (χ1n) is 8.13. The van der Waals surface area contributed by atoms with Crippen molar-refractivity contribution >= 4 is 16.5 Å². The van der Waals surface area contributed by atoms with Gasteiger partial charge in [-0.05, 0) is 30.9 Å². The number of aryl methyl sites for hydroxylation is 1. The summed E-state index contributed by atoms with van der Waals surface area (Å²) in [6.07, 6.45) is 2.50. The fourth-order valence-corrected chi connectivity index (χ4v) is 3.43. The second kappa shape index (κ2) is 8.25. The number of thiazole rings is 1. The molecular formula is C18H21N3O2S. The van der Waals surface area contributed by atoms with E-state index in [2.05, 4.69) is 34.6 Å². The Morgan fingerprint density at radius 1 is 1.46 bits per heavy atom. The van der Waals surface area contributed by atoms with Crippen molar-refractivity contribution in [1.82, 2.24) is 4.98 Å². The maximum Gasteiger partial charge on any atom is 0.184 e. The molecule has 0 bridgehead atoms. The lowest BCUT2D eigenvalue weighted by Crippen LogP contribution is -2.13. The van der Waals surface area contributed by atoms with Gasteiger partial charge in [-0.15, -0.1) is 0 Å². The fourth-order valence-electron chi connectivity index (χ4n) is 2.67. The molecule has 1 aliphatic heterocycles. The highest BCUT2D eigenvalue weighted by Crippen LogP contribution is 2.22. The molecule has 1 aromatic carbocycles. The normalized spacial score (nSPS) is 16.9. The largest absolute Gasteiger partial charge is 0.376 e. The molecule has 5 nitrogen and oxygen atoms in total. The Bertz CT molecular complexity index is 717. The summed E-state index contributed by atoms with van der Waals surface area (Å²) < 4.78 is 11.3. The molecule has 1 unspecified atom stereocenters. The van der Waals surface area contributed by atoms with Gasteiger partial charge in [0, 0.05) is 13.2 Å². The number of aromatic nitrogens is 1. The van der Waals surface area contributed by atoms with Gasteiger partial charge in [0.05, 0.1) is 25.0 Å². The van der Waals surface area contributed by atoms with Gasteiger partial charge in [-0.1, -0.05) is 35.6 Å². The lowest BCUT2D eigenvalue weighted by Gasteiger charge is -2.11. The van der Waals surface area contributed by atoms with E-state index in [0.29, 0.717) is 24.6 Å². The van der Waals surface area contributed by atoms with Gasteiger partial charge in [0.25, 0.3) is 0 Å². The molecular weight excluding hydrogens is 322 g/mol. The molecule has 1 saturated heterocycles. The molecule has 1 atom stereocenters. The predicted molar refractivity (Wildman–Crippen MR) is 94.0 cm³/mol. The molecule has 1 aromatic heterocycles. The summed E-state index contributed by atoms with van der Waals surface area (Å²) in [4.78, 5) is 5.02. The van der Waals surface area contributed by atoms with Gasteiger partial charge < -0.3 is 14.8 Å². The Morgan fingerprint density at radius 3 is 3.08 bits per heavy atom. The van der Waals surface area contributed by atoms with E-state index in [-0.39, 0.29) is 6.10 Å². The minimum atomic E-state index is 0.261. The van der Waals surface area contributed by atoms with E-state index in [1.807, 2.05) is 13.0 Å². The second-order valence-corrected chi connectivity index (χ2v) is 6.87. The lowest BCUT2D eigenvalue weighted by atomic mass is 10.1. The van der Waals surface area contributed by atoms with Crippen LogP contribution in [0.15, 0.2) is 24.3 Å². The SMILES string of the molecule is Cc1nc(NCc2cccc(COCC3CCCO3)c2)sc1C#N. The van der Waals surface area contributed by atoms with Gasteiger partial charge in [-0.25, -0.2) is 4.98 Å². The Labute approximate surface area is 146 Å². The molecule has 1 N–H and O–H groups in total. The van der Waals surface area contributed by atoms with E-state index >= 15 is 0 Å². The summed E-state index contributed by atoms with van der Waals surface area (Å²) in [6.45, 7) is 4.66. The zero-order chi connectivity index (χ0) is 16.8. The summed E-state index contributed by atoms with van der Waals surface area (Å²) >= 11 is 1.39. The third kappa shape index (κ3) is 4.54. The van der Waals surface area contributed by atoms with Crippen molar-refractivity contribution in [1.29, 1.82) is 5.26 Å². The molecule has 126 valence electrons. The van der Waals surface area contributed by atoms with Crippen molar-refractivity contribution in [3.63, 3.8) is 0 Å². The van der Waals surface area contributed by atoms with E-state index < -0.39 is 0 Å². The number of hydrogen-bond donors (Lipinski definition) is 1. The number of rotatable bonds is 7. The molecule has 0 aliphatic carbocycles. The third-order valence-electron chi connectivity index (χ3n) is 3.93. The fraction of sp³-hybridized carbons (Fsp3) is 0.444. The van der Waals surface area contributed by atoms with Crippen LogP contribution in [-0.4, -0.2) is 24.3 Å². The first kappa shape index (κ1) is 16.9. The summed E-state index contributed by atoms with van der Waals surface area (Å²) in [6, 6.07) is 10.5. The van der Waals surface area contributed by atoms with Crippen LogP contribution >= 0.6 is 11.3 Å². The van der Waals surface area contributed by atoms with Crippen LogP contribution in [0, 0.1) is 18.3 Å². The third-order valence-corrected chi connectivity index (χ3v) is 4.95. The van der Waals surface area contributed by atoms with E-state index in [1.54, 1.807) is 0 Å². The van der Waals surface area contributed by atoms with Gasteiger partial charge in [0.1, 0.15) is 10.9 Å². The van der Waals surface area contributed by atoms with Crippen molar-refractivity contribution in [3.05, 3.63) is 46.0 Å². The molecule has 1 aliphatic rings. The zero-order valence-electron chi connectivity index (χ0n) is 13.7. The van der Waals surface area contributed by atoms with Crippen LogP contribution in [0.1, 0.15) is 34.5 Å².